The van der Waals surface area contributed by atoms with Crippen molar-refractivity contribution in [3.8, 4) is 0 Å². The Bertz CT molecular complexity index is 456. The molecule has 2 atom stereocenters. The maximum absolute atomic E-state index is 9.27. The van der Waals surface area contributed by atoms with Gasteiger partial charge in [-0.1, -0.05) is 25.9 Å². The van der Waals surface area contributed by atoms with Crippen LogP contribution in [-0.4, -0.2) is 32.1 Å². The summed E-state index contributed by atoms with van der Waals surface area (Å²) < 4.78 is 0. The van der Waals surface area contributed by atoms with E-state index in [0.717, 1.165) is 54.1 Å². The van der Waals surface area contributed by atoms with Crippen molar-refractivity contribution in [2.75, 3.05) is 5.75 Å². The first-order chi connectivity index (χ1) is 9.19. The Morgan fingerprint density at radius 2 is 2.26 bits per heavy atom. The van der Waals surface area contributed by atoms with Crippen LogP contribution in [0.2, 0.25) is 0 Å². The molecule has 0 amide bonds. The number of rotatable bonds is 5. The molecule has 0 unspecified atom stereocenters. The highest BCUT2D eigenvalue weighted by Gasteiger charge is 2.29. The molecule has 0 aromatic carbocycles. The summed E-state index contributed by atoms with van der Waals surface area (Å²) >= 11 is 2.00. The lowest BCUT2D eigenvalue weighted by Crippen LogP contribution is -2.23. The minimum Gasteiger partial charge on any atom is -0.411 e. The molecule has 2 N–H and O–H groups in total. The molecule has 1 aliphatic rings. The highest BCUT2D eigenvalue weighted by molar-refractivity contribution is 7.99. The second-order valence-corrected chi connectivity index (χ2v) is 6.92. The quantitative estimate of drug-likeness (QED) is 0.643. The number of aromatic amines is 1. The number of nitrogens with one attached hydrogen (secondary N) is 1. The zero-order chi connectivity index (χ0) is 13.8. The molecular formula is C14H23N3OS. The largest absolute Gasteiger partial charge is 0.411 e. The standard InChI is InChI=1S/C14H23N3OS/c1-4-11-14-12(16-15-11)7-10(8-13(14)17-18)6-9(3)19-5-2/h9-10,18H,4-8H2,1-3H3,(H,15,16)/b17-13+/t9-,10+/m0/s1. The Labute approximate surface area is 119 Å². The first kappa shape index (κ1) is 14.4. The van der Waals surface area contributed by atoms with E-state index in [9.17, 15) is 5.21 Å². The van der Waals surface area contributed by atoms with Crippen molar-refractivity contribution < 1.29 is 5.21 Å². The van der Waals surface area contributed by atoms with Gasteiger partial charge in [0.05, 0.1) is 11.4 Å². The molecule has 0 fully saturated rings. The van der Waals surface area contributed by atoms with Gasteiger partial charge in [-0.15, -0.1) is 0 Å². The van der Waals surface area contributed by atoms with Gasteiger partial charge in [-0.3, -0.25) is 5.10 Å². The van der Waals surface area contributed by atoms with Crippen molar-refractivity contribution in [1.29, 1.82) is 0 Å². The highest BCUT2D eigenvalue weighted by Crippen LogP contribution is 2.32. The normalized spacial score (nSPS) is 22.5. The summed E-state index contributed by atoms with van der Waals surface area (Å²) in [6.45, 7) is 6.56. The van der Waals surface area contributed by atoms with E-state index in [2.05, 4.69) is 36.1 Å². The van der Waals surface area contributed by atoms with Gasteiger partial charge >= 0.3 is 0 Å². The molecule has 1 aliphatic carbocycles. The summed E-state index contributed by atoms with van der Waals surface area (Å²) in [7, 11) is 0. The van der Waals surface area contributed by atoms with Crippen molar-refractivity contribution in [1.82, 2.24) is 10.2 Å². The van der Waals surface area contributed by atoms with Gasteiger partial charge in [-0.25, -0.2) is 0 Å². The molecule has 106 valence electrons. The Morgan fingerprint density at radius 1 is 1.47 bits per heavy atom. The van der Waals surface area contributed by atoms with E-state index in [1.54, 1.807) is 0 Å². The Balaban J connectivity index is 2.14. The zero-order valence-corrected chi connectivity index (χ0v) is 12.8. The van der Waals surface area contributed by atoms with Crippen LogP contribution in [0.3, 0.4) is 0 Å². The minimum absolute atomic E-state index is 0.553. The molecule has 0 radical (unpaired) electrons. The second kappa shape index (κ2) is 6.46. The summed E-state index contributed by atoms with van der Waals surface area (Å²) in [5.74, 6) is 1.71. The lowest BCUT2D eigenvalue weighted by atomic mass is 9.82. The molecule has 0 bridgehead atoms. The molecule has 1 aromatic rings. The van der Waals surface area contributed by atoms with Crippen molar-refractivity contribution in [3.05, 3.63) is 17.0 Å². The lowest BCUT2D eigenvalue weighted by Gasteiger charge is -2.25. The third-order valence-corrected chi connectivity index (χ3v) is 4.85. The van der Waals surface area contributed by atoms with E-state index in [0.29, 0.717) is 11.2 Å². The lowest BCUT2D eigenvalue weighted by molar-refractivity contribution is 0.314. The van der Waals surface area contributed by atoms with Crippen LogP contribution in [0.5, 0.6) is 0 Å². The Kier molecular flexibility index (Phi) is 4.91. The molecule has 4 nitrogen and oxygen atoms in total. The molecule has 2 rings (SSSR count). The molecule has 0 saturated carbocycles. The number of thioether (sulfide) groups is 1. The van der Waals surface area contributed by atoms with Crippen LogP contribution in [0.4, 0.5) is 0 Å². The van der Waals surface area contributed by atoms with Gasteiger partial charge < -0.3 is 5.21 Å². The van der Waals surface area contributed by atoms with Crippen LogP contribution < -0.4 is 0 Å². The first-order valence-corrected chi connectivity index (χ1v) is 8.13. The molecule has 1 aromatic heterocycles. The summed E-state index contributed by atoms with van der Waals surface area (Å²) in [5.41, 5.74) is 4.05. The molecule has 5 heteroatoms. The fourth-order valence-corrected chi connectivity index (χ4v) is 3.96. The fraction of sp³-hybridized carbons (Fsp3) is 0.714. The predicted molar refractivity (Wildman–Crippen MR) is 80.3 cm³/mol. The van der Waals surface area contributed by atoms with Gasteiger partial charge in [0.25, 0.3) is 0 Å². The fourth-order valence-electron chi connectivity index (χ4n) is 2.98. The van der Waals surface area contributed by atoms with Crippen LogP contribution in [-0.2, 0) is 12.8 Å². The van der Waals surface area contributed by atoms with Crippen LogP contribution >= 0.6 is 11.8 Å². The Hall–Kier alpha value is -0.970. The van der Waals surface area contributed by atoms with Gasteiger partial charge in [-0.05, 0) is 37.4 Å². The van der Waals surface area contributed by atoms with Crippen LogP contribution in [0.15, 0.2) is 5.16 Å². The molecule has 0 spiro atoms. The van der Waals surface area contributed by atoms with Crippen LogP contribution in [0.25, 0.3) is 0 Å². The monoisotopic (exact) mass is 281 g/mol. The zero-order valence-electron chi connectivity index (χ0n) is 11.9. The summed E-state index contributed by atoms with van der Waals surface area (Å²) in [6, 6.07) is 0. The number of H-pyrrole nitrogens is 1. The SMILES string of the molecule is CCS[C@@H](C)C[C@H]1C/C(=N\O)c2c(CC)n[nH]c2C1. The van der Waals surface area contributed by atoms with Gasteiger partial charge in [0.15, 0.2) is 0 Å². The number of hydrogen-bond donors (Lipinski definition) is 2. The molecule has 0 saturated heterocycles. The predicted octanol–water partition coefficient (Wildman–Crippen LogP) is 3.24. The number of aryl methyl sites for hydroxylation is 1. The highest BCUT2D eigenvalue weighted by atomic mass is 32.2. The number of oxime groups is 1. The number of aromatic nitrogens is 2. The van der Waals surface area contributed by atoms with Gasteiger partial charge in [-0.2, -0.15) is 16.9 Å². The van der Waals surface area contributed by atoms with Crippen molar-refractivity contribution in [3.63, 3.8) is 0 Å². The van der Waals surface area contributed by atoms with Gasteiger partial charge in [0, 0.05) is 16.5 Å². The minimum atomic E-state index is 0.553. The Morgan fingerprint density at radius 3 is 2.89 bits per heavy atom. The van der Waals surface area contributed by atoms with Crippen molar-refractivity contribution >= 4 is 17.5 Å². The maximum atomic E-state index is 9.27. The average Bonchev–Trinajstić information content (AvgIpc) is 2.81. The first-order valence-electron chi connectivity index (χ1n) is 7.08. The van der Waals surface area contributed by atoms with E-state index < -0.39 is 0 Å². The topological polar surface area (TPSA) is 61.3 Å². The maximum Gasteiger partial charge on any atom is 0.0907 e. The van der Waals surface area contributed by atoms with E-state index in [1.165, 1.54) is 0 Å². The van der Waals surface area contributed by atoms with Crippen LogP contribution in [0.1, 0.15) is 50.6 Å². The van der Waals surface area contributed by atoms with Crippen molar-refractivity contribution in [2.24, 2.45) is 11.1 Å². The van der Waals surface area contributed by atoms with E-state index in [4.69, 9.17) is 0 Å². The molecular weight excluding hydrogens is 258 g/mol. The average molecular weight is 281 g/mol. The van der Waals surface area contributed by atoms with Crippen LogP contribution in [0, 0.1) is 5.92 Å². The molecule has 19 heavy (non-hydrogen) atoms. The van der Waals surface area contributed by atoms with Crippen molar-refractivity contribution in [2.45, 2.75) is 51.7 Å². The number of fused-ring (bicyclic) bond motifs is 1. The second-order valence-electron chi connectivity index (χ2n) is 5.20. The molecule has 1 heterocycles. The summed E-state index contributed by atoms with van der Waals surface area (Å²) in [4.78, 5) is 0. The smallest absolute Gasteiger partial charge is 0.0907 e. The third-order valence-electron chi connectivity index (χ3n) is 3.75. The molecule has 0 aliphatic heterocycles. The van der Waals surface area contributed by atoms with E-state index >= 15 is 0 Å². The van der Waals surface area contributed by atoms with E-state index in [-0.39, 0.29) is 0 Å². The summed E-state index contributed by atoms with van der Waals surface area (Å²) in [5, 5.41) is 20.9. The van der Waals surface area contributed by atoms with E-state index in [1.807, 2.05) is 11.8 Å². The van der Waals surface area contributed by atoms with Gasteiger partial charge in [0.1, 0.15) is 0 Å². The van der Waals surface area contributed by atoms with Gasteiger partial charge in [0.2, 0.25) is 0 Å². The third kappa shape index (κ3) is 3.14. The number of hydrogen-bond acceptors (Lipinski definition) is 4. The summed E-state index contributed by atoms with van der Waals surface area (Å²) in [6.07, 6.45) is 3.93. The number of nitrogens with zero attached hydrogens (tertiary/aromatic N) is 2.